The third-order valence-corrected chi connectivity index (χ3v) is 4.12. The van der Waals surface area contributed by atoms with Crippen LogP contribution in [0.2, 0.25) is 5.02 Å². The third-order valence-electron chi connectivity index (χ3n) is 3.79. The Labute approximate surface area is 119 Å². The first kappa shape index (κ1) is 14.2. The first-order valence-electron chi connectivity index (χ1n) is 6.92. The lowest BCUT2D eigenvalue weighted by Crippen LogP contribution is -2.33. The number of carbonyl (C=O) groups is 1. The molecule has 0 saturated carbocycles. The lowest BCUT2D eigenvalue weighted by Gasteiger charge is -2.27. The van der Waals surface area contributed by atoms with Crippen molar-refractivity contribution < 1.29 is 4.79 Å². The number of aryl methyl sites for hydroxylation is 1. The first-order valence-corrected chi connectivity index (χ1v) is 7.30. The molecule has 1 fully saturated rings. The molecule has 0 aliphatic carbocycles. The molecule has 1 saturated heterocycles. The summed E-state index contributed by atoms with van der Waals surface area (Å²) in [5.41, 5.74) is 8.35. The van der Waals surface area contributed by atoms with E-state index in [0.29, 0.717) is 23.2 Å². The van der Waals surface area contributed by atoms with Crippen molar-refractivity contribution in [3.63, 3.8) is 0 Å². The summed E-state index contributed by atoms with van der Waals surface area (Å²) >= 11 is 6.02. The Bertz CT molecular complexity index is 487. The van der Waals surface area contributed by atoms with Gasteiger partial charge in [0.2, 0.25) is 5.91 Å². The standard InChI is InChI=1S/C15H21ClN2O/c1-3-4-5-11-6-7-15(19)18(11)14-9-13(17)12(16)8-10(14)2/h8-9,11H,3-7,17H2,1-2H3. The first-order chi connectivity index (χ1) is 9.04. The van der Waals surface area contributed by atoms with Crippen LogP contribution >= 0.6 is 11.6 Å². The van der Waals surface area contributed by atoms with Crippen LogP contribution in [0.4, 0.5) is 11.4 Å². The molecule has 2 N–H and O–H groups in total. The van der Waals surface area contributed by atoms with Gasteiger partial charge in [-0.05, 0) is 37.5 Å². The smallest absolute Gasteiger partial charge is 0.227 e. The summed E-state index contributed by atoms with van der Waals surface area (Å²) in [4.78, 5) is 14.1. The summed E-state index contributed by atoms with van der Waals surface area (Å²) in [6, 6.07) is 3.99. The van der Waals surface area contributed by atoms with Gasteiger partial charge in [-0.2, -0.15) is 0 Å². The highest BCUT2D eigenvalue weighted by molar-refractivity contribution is 6.33. The van der Waals surface area contributed by atoms with E-state index in [1.807, 2.05) is 24.0 Å². The molecule has 1 atom stereocenters. The SMILES string of the molecule is CCCCC1CCC(=O)N1c1cc(N)c(Cl)cc1C. The van der Waals surface area contributed by atoms with Gasteiger partial charge in [-0.3, -0.25) is 4.79 Å². The van der Waals surface area contributed by atoms with Gasteiger partial charge >= 0.3 is 0 Å². The van der Waals surface area contributed by atoms with E-state index in [0.717, 1.165) is 36.9 Å². The fraction of sp³-hybridized carbons (Fsp3) is 0.533. The van der Waals surface area contributed by atoms with Gasteiger partial charge in [0.25, 0.3) is 0 Å². The van der Waals surface area contributed by atoms with Crippen LogP contribution in [-0.2, 0) is 4.79 Å². The number of amides is 1. The van der Waals surface area contributed by atoms with Gasteiger partial charge in [0.05, 0.1) is 10.7 Å². The number of nitrogens with two attached hydrogens (primary N) is 1. The second kappa shape index (κ2) is 5.83. The van der Waals surface area contributed by atoms with Crippen molar-refractivity contribution in [3.05, 3.63) is 22.7 Å². The number of nitrogens with zero attached hydrogens (tertiary/aromatic N) is 1. The van der Waals surface area contributed by atoms with Crippen LogP contribution in [0.1, 0.15) is 44.6 Å². The van der Waals surface area contributed by atoms with E-state index in [4.69, 9.17) is 17.3 Å². The molecule has 1 aromatic rings. The quantitative estimate of drug-likeness (QED) is 0.850. The van der Waals surface area contributed by atoms with Gasteiger partial charge in [-0.25, -0.2) is 0 Å². The fourth-order valence-corrected chi connectivity index (χ4v) is 2.94. The van der Waals surface area contributed by atoms with Gasteiger partial charge in [0, 0.05) is 18.2 Å². The van der Waals surface area contributed by atoms with Gasteiger partial charge in [0.1, 0.15) is 0 Å². The minimum absolute atomic E-state index is 0.200. The number of carbonyl (C=O) groups excluding carboxylic acids is 1. The zero-order chi connectivity index (χ0) is 14.0. The molecule has 1 amide bonds. The molecule has 0 spiro atoms. The maximum absolute atomic E-state index is 12.1. The maximum atomic E-state index is 12.1. The summed E-state index contributed by atoms with van der Waals surface area (Å²) in [6.45, 7) is 4.15. The van der Waals surface area contributed by atoms with Crippen molar-refractivity contribution in [2.75, 3.05) is 10.6 Å². The van der Waals surface area contributed by atoms with Crippen LogP contribution in [0.15, 0.2) is 12.1 Å². The zero-order valence-electron chi connectivity index (χ0n) is 11.6. The van der Waals surface area contributed by atoms with E-state index in [1.165, 1.54) is 0 Å². The average Bonchev–Trinajstić information content (AvgIpc) is 2.73. The van der Waals surface area contributed by atoms with E-state index < -0.39 is 0 Å². The second-order valence-electron chi connectivity index (χ2n) is 5.26. The van der Waals surface area contributed by atoms with E-state index in [9.17, 15) is 4.79 Å². The van der Waals surface area contributed by atoms with E-state index in [-0.39, 0.29) is 5.91 Å². The molecule has 1 aliphatic heterocycles. The lowest BCUT2D eigenvalue weighted by molar-refractivity contribution is -0.117. The molecule has 1 aromatic carbocycles. The zero-order valence-corrected chi connectivity index (χ0v) is 12.3. The Morgan fingerprint density at radius 1 is 1.47 bits per heavy atom. The molecule has 19 heavy (non-hydrogen) atoms. The van der Waals surface area contributed by atoms with Crippen LogP contribution in [0.25, 0.3) is 0 Å². The van der Waals surface area contributed by atoms with Gasteiger partial charge in [0.15, 0.2) is 0 Å². The highest BCUT2D eigenvalue weighted by Crippen LogP contribution is 2.35. The molecule has 0 radical (unpaired) electrons. The van der Waals surface area contributed by atoms with Gasteiger partial charge in [-0.15, -0.1) is 0 Å². The van der Waals surface area contributed by atoms with Crippen molar-refractivity contribution in [1.29, 1.82) is 0 Å². The minimum Gasteiger partial charge on any atom is -0.397 e. The van der Waals surface area contributed by atoms with E-state index in [1.54, 1.807) is 0 Å². The number of hydrogen-bond donors (Lipinski definition) is 1. The summed E-state index contributed by atoms with van der Waals surface area (Å²) in [5, 5.41) is 0.554. The largest absolute Gasteiger partial charge is 0.397 e. The molecule has 1 aliphatic rings. The summed E-state index contributed by atoms with van der Waals surface area (Å²) in [5.74, 6) is 0.200. The summed E-state index contributed by atoms with van der Waals surface area (Å²) < 4.78 is 0. The molecular weight excluding hydrogens is 260 g/mol. The molecule has 1 heterocycles. The highest BCUT2D eigenvalue weighted by atomic mass is 35.5. The number of rotatable bonds is 4. The molecule has 0 bridgehead atoms. The number of anilines is 2. The molecule has 2 rings (SSSR count). The van der Waals surface area contributed by atoms with Crippen LogP contribution in [0, 0.1) is 6.92 Å². The third kappa shape index (κ3) is 2.86. The number of nitrogen functional groups attached to an aromatic ring is 1. The summed E-state index contributed by atoms with van der Waals surface area (Å²) in [7, 11) is 0. The summed E-state index contributed by atoms with van der Waals surface area (Å²) in [6.07, 6.45) is 4.94. The molecule has 104 valence electrons. The Morgan fingerprint density at radius 2 is 2.21 bits per heavy atom. The van der Waals surface area contributed by atoms with E-state index in [2.05, 4.69) is 6.92 Å². The highest BCUT2D eigenvalue weighted by Gasteiger charge is 2.32. The molecule has 4 heteroatoms. The van der Waals surface area contributed by atoms with Gasteiger partial charge < -0.3 is 10.6 Å². The van der Waals surface area contributed by atoms with Crippen LogP contribution < -0.4 is 10.6 Å². The van der Waals surface area contributed by atoms with Crippen molar-refractivity contribution in [2.45, 2.75) is 52.0 Å². The van der Waals surface area contributed by atoms with E-state index >= 15 is 0 Å². The van der Waals surface area contributed by atoms with Crippen molar-refractivity contribution in [1.82, 2.24) is 0 Å². The monoisotopic (exact) mass is 280 g/mol. The van der Waals surface area contributed by atoms with Crippen LogP contribution in [-0.4, -0.2) is 11.9 Å². The van der Waals surface area contributed by atoms with Crippen molar-refractivity contribution >= 4 is 28.9 Å². The maximum Gasteiger partial charge on any atom is 0.227 e. The minimum atomic E-state index is 0.200. The number of halogens is 1. The van der Waals surface area contributed by atoms with Crippen molar-refractivity contribution in [2.24, 2.45) is 0 Å². The number of benzene rings is 1. The Balaban J connectivity index is 2.32. The number of hydrogen-bond acceptors (Lipinski definition) is 2. The fourth-order valence-electron chi connectivity index (χ4n) is 2.72. The molecule has 0 aromatic heterocycles. The van der Waals surface area contributed by atoms with Gasteiger partial charge in [-0.1, -0.05) is 31.4 Å². The Hall–Kier alpha value is -1.22. The Kier molecular flexibility index (Phi) is 4.35. The average molecular weight is 281 g/mol. The topological polar surface area (TPSA) is 46.3 Å². The van der Waals surface area contributed by atoms with Crippen LogP contribution in [0.3, 0.4) is 0 Å². The normalized spacial score (nSPS) is 19.2. The predicted octanol–water partition coefficient (Wildman–Crippen LogP) is 3.92. The number of unbranched alkanes of at least 4 members (excludes halogenated alkanes) is 1. The lowest BCUT2D eigenvalue weighted by atomic mass is 10.1. The van der Waals surface area contributed by atoms with Crippen molar-refractivity contribution in [3.8, 4) is 0 Å². The predicted molar refractivity (Wildman–Crippen MR) is 80.6 cm³/mol. The molecule has 1 unspecified atom stereocenters. The molecular formula is C15H21ClN2O. The Morgan fingerprint density at radius 3 is 2.89 bits per heavy atom. The van der Waals surface area contributed by atoms with Crippen LogP contribution in [0.5, 0.6) is 0 Å². The molecule has 3 nitrogen and oxygen atoms in total. The second-order valence-corrected chi connectivity index (χ2v) is 5.67.